The number of benzene rings is 2. The van der Waals surface area contributed by atoms with Gasteiger partial charge in [-0.1, -0.05) is 43.2 Å². The van der Waals surface area contributed by atoms with Gasteiger partial charge in [0.05, 0.1) is 26.0 Å². The molecule has 8 nitrogen and oxygen atoms in total. The van der Waals surface area contributed by atoms with E-state index in [0.717, 1.165) is 55.3 Å². The third-order valence-corrected chi connectivity index (χ3v) is 8.61. The maximum atomic E-state index is 12.0. The van der Waals surface area contributed by atoms with E-state index in [2.05, 4.69) is 40.8 Å². The standard InChI is InChI=1S/C19H26ClNO.C16H15N3O3/c1-3-21(4-2)12-16-9-10-19(13-22-14-19)11-18(16)15-5-7-17(20)8-6-15;1-2-21-16(20)13-4-3-11(17)8-14(13)22-12-7-10-5-6-18-15(10)19-9-12/h5-8H,3-4,9-14H2,1-2H3;3-9H,2,17H2,1H3,(H,18,19). The summed E-state index contributed by atoms with van der Waals surface area (Å²) >= 11 is 6.07. The van der Waals surface area contributed by atoms with Crippen molar-refractivity contribution < 1.29 is 19.0 Å². The average Bonchev–Trinajstić information content (AvgIpc) is 3.48. The van der Waals surface area contributed by atoms with Crippen LogP contribution in [0.4, 0.5) is 5.69 Å². The molecule has 2 aromatic carbocycles. The fourth-order valence-corrected chi connectivity index (χ4v) is 5.87. The molecule has 1 fully saturated rings. The largest absolute Gasteiger partial charge is 0.462 e. The Morgan fingerprint density at radius 1 is 1.09 bits per heavy atom. The number of hydrogen-bond acceptors (Lipinski definition) is 7. The monoisotopic (exact) mass is 616 g/mol. The molecule has 0 unspecified atom stereocenters. The van der Waals surface area contributed by atoms with Crippen LogP contribution in [-0.4, -0.2) is 60.3 Å². The Morgan fingerprint density at radius 3 is 2.55 bits per heavy atom. The van der Waals surface area contributed by atoms with Gasteiger partial charge in [-0.05, 0) is 86.8 Å². The molecule has 3 N–H and O–H groups in total. The number of nitrogens with two attached hydrogens (primary N) is 1. The molecule has 232 valence electrons. The molecule has 2 aliphatic rings. The second kappa shape index (κ2) is 14.3. The van der Waals surface area contributed by atoms with Crippen LogP contribution in [-0.2, 0) is 9.47 Å². The summed E-state index contributed by atoms with van der Waals surface area (Å²) in [6.45, 7) is 11.7. The minimum Gasteiger partial charge on any atom is -0.462 e. The second-order valence-corrected chi connectivity index (χ2v) is 11.8. The fourth-order valence-electron chi connectivity index (χ4n) is 5.74. The number of allylic oxidation sites excluding steroid dienone is 1. The summed E-state index contributed by atoms with van der Waals surface area (Å²) in [5.74, 6) is 0.409. The molecule has 4 aromatic rings. The van der Waals surface area contributed by atoms with Crippen LogP contribution in [0.1, 0.15) is 56.0 Å². The second-order valence-electron chi connectivity index (χ2n) is 11.4. The number of rotatable bonds is 9. The molecule has 1 aliphatic heterocycles. The Kier molecular flexibility index (Phi) is 10.3. The van der Waals surface area contributed by atoms with Crippen molar-refractivity contribution in [3.8, 4) is 11.5 Å². The van der Waals surface area contributed by atoms with Gasteiger partial charge in [0.25, 0.3) is 0 Å². The summed E-state index contributed by atoms with van der Waals surface area (Å²) in [5.41, 5.74) is 12.3. The highest BCUT2D eigenvalue weighted by molar-refractivity contribution is 6.30. The molecule has 0 amide bonds. The quantitative estimate of drug-likeness (QED) is 0.146. The van der Waals surface area contributed by atoms with E-state index in [-0.39, 0.29) is 0 Å². The Balaban J connectivity index is 0.000000175. The zero-order chi connectivity index (χ0) is 31.1. The number of pyridine rings is 1. The van der Waals surface area contributed by atoms with Crippen LogP contribution in [0, 0.1) is 5.41 Å². The number of likely N-dealkylation sites (N-methyl/N-ethyl adjacent to an activating group) is 1. The van der Waals surface area contributed by atoms with E-state index in [0.29, 0.717) is 34.8 Å². The predicted octanol–water partition coefficient (Wildman–Crippen LogP) is 7.75. The van der Waals surface area contributed by atoms with E-state index in [9.17, 15) is 4.79 Å². The molecule has 0 radical (unpaired) electrons. The van der Waals surface area contributed by atoms with Crippen LogP contribution in [0.5, 0.6) is 11.5 Å². The van der Waals surface area contributed by atoms with E-state index >= 15 is 0 Å². The fraction of sp³-hybridized carbons (Fsp3) is 0.371. The van der Waals surface area contributed by atoms with Crippen LogP contribution < -0.4 is 10.5 Å². The van der Waals surface area contributed by atoms with Crippen molar-refractivity contribution >= 4 is 39.9 Å². The Morgan fingerprint density at radius 2 is 1.86 bits per heavy atom. The zero-order valence-electron chi connectivity index (χ0n) is 25.7. The molecular weight excluding hydrogens is 576 g/mol. The van der Waals surface area contributed by atoms with Crippen molar-refractivity contribution in [3.63, 3.8) is 0 Å². The summed E-state index contributed by atoms with van der Waals surface area (Å²) in [4.78, 5) is 21.7. The SMILES string of the molecule is CCN(CC)CC1=C(c2ccc(Cl)cc2)CC2(CC1)COC2.CCOC(=O)c1ccc(N)cc1Oc1cnc2[nH]ccc2c1. The number of aromatic nitrogens is 2. The van der Waals surface area contributed by atoms with Crippen LogP contribution in [0.2, 0.25) is 5.02 Å². The van der Waals surface area contributed by atoms with Crippen molar-refractivity contribution in [3.05, 3.63) is 88.7 Å². The lowest BCUT2D eigenvalue weighted by Crippen LogP contribution is -2.44. The number of nitrogens with zero attached hydrogens (tertiary/aromatic N) is 2. The number of halogens is 1. The maximum Gasteiger partial charge on any atom is 0.341 e. The number of H-pyrrole nitrogens is 1. The van der Waals surface area contributed by atoms with Crippen molar-refractivity contribution in [2.45, 2.75) is 40.0 Å². The summed E-state index contributed by atoms with van der Waals surface area (Å²) in [5, 5.41) is 1.73. The lowest BCUT2D eigenvalue weighted by atomic mass is 9.69. The number of fused-ring (bicyclic) bond motifs is 1. The molecule has 44 heavy (non-hydrogen) atoms. The Bertz CT molecular complexity index is 1610. The van der Waals surface area contributed by atoms with Gasteiger partial charge < -0.3 is 24.9 Å². The number of carbonyl (C=O) groups is 1. The van der Waals surface area contributed by atoms with Crippen molar-refractivity contribution in [2.75, 3.05) is 45.2 Å². The van der Waals surface area contributed by atoms with Crippen LogP contribution in [0.25, 0.3) is 16.6 Å². The Labute approximate surface area is 264 Å². The molecule has 6 rings (SSSR count). The molecule has 0 saturated carbocycles. The van der Waals surface area contributed by atoms with Gasteiger partial charge in [0.1, 0.15) is 22.7 Å². The smallest absolute Gasteiger partial charge is 0.341 e. The topological polar surface area (TPSA) is 103 Å². The van der Waals surface area contributed by atoms with Crippen LogP contribution in [0.3, 0.4) is 0 Å². The van der Waals surface area contributed by atoms with Gasteiger partial charge in [0, 0.05) is 40.3 Å². The number of anilines is 1. The highest BCUT2D eigenvalue weighted by atomic mass is 35.5. The van der Waals surface area contributed by atoms with Crippen LogP contribution >= 0.6 is 11.6 Å². The highest BCUT2D eigenvalue weighted by Crippen LogP contribution is 2.48. The molecule has 3 heterocycles. The van der Waals surface area contributed by atoms with E-state index in [1.54, 1.807) is 43.1 Å². The van der Waals surface area contributed by atoms with Gasteiger partial charge in [-0.2, -0.15) is 0 Å². The first-order valence-electron chi connectivity index (χ1n) is 15.3. The first kappa shape index (κ1) is 31.6. The van der Waals surface area contributed by atoms with Crippen LogP contribution in [0.15, 0.2) is 72.6 Å². The summed E-state index contributed by atoms with van der Waals surface area (Å²) in [6.07, 6.45) is 7.02. The number of aromatic amines is 1. The van der Waals surface area contributed by atoms with E-state index in [1.807, 2.05) is 24.3 Å². The van der Waals surface area contributed by atoms with Gasteiger partial charge in [-0.3, -0.25) is 4.90 Å². The maximum absolute atomic E-state index is 12.0. The number of nitrogen functional groups attached to an aromatic ring is 1. The third-order valence-electron chi connectivity index (χ3n) is 8.36. The van der Waals surface area contributed by atoms with E-state index in [4.69, 9.17) is 31.5 Å². The van der Waals surface area contributed by atoms with Crippen molar-refractivity contribution in [1.29, 1.82) is 0 Å². The third kappa shape index (κ3) is 7.44. The predicted molar refractivity (Wildman–Crippen MR) is 176 cm³/mol. The summed E-state index contributed by atoms with van der Waals surface area (Å²) < 4.78 is 16.3. The number of esters is 1. The molecule has 1 saturated heterocycles. The molecule has 0 bridgehead atoms. The molecule has 1 spiro atoms. The van der Waals surface area contributed by atoms with Gasteiger partial charge >= 0.3 is 5.97 Å². The van der Waals surface area contributed by atoms with Gasteiger partial charge in [0.15, 0.2) is 0 Å². The van der Waals surface area contributed by atoms with E-state index in [1.165, 1.54) is 24.0 Å². The normalized spacial score (nSPS) is 15.6. The Hall–Kier alpha value is -3.85. The number of nitrogens with one attached hydrogen (secondary N) is 1. The molecule has 9 heteroatoms. The van der Waals surface area contributed by atoms with Crippen molar-refractivity contribution in [1.82, 2.24) is 14.9 Å². The molecule has 1 aliphatic carbocycles. The first-order chi connectivity index (χ1) is 21.3. The highest BCUT2D eigenvalue weighted by Gasteiger charge is 2.42. The minimum atomic E-state index is -0.451. The summed E-state index contributed by atoms with van der Waals surface area (Å²) in [6, 6.07) is 16.9. The number of carbonyl (C=O) groups excluding carboxylic acids is 1. The zero-order valence-corrected chi connectivity index (χ0v) is 26.5. The average molecular weight is 617 g/mol. The van der Waals surface area contributed by atoms with Gasteiger partial charge in [-0.25, -0.2) is 9.78 Å². The van der Waals surface area contributed by atoms with Crippen molar-refractivity contribution in [2.24, 2.45) is 5.41 Å². The minimum absolute atomic E-state index is 0.291. The van der Waals surface area contributed by atoms with E-state index < -0.39 is 5.97 Å². The number of ether oxygens (including phenoxy) is 3. The molecule has 2 aromatic heterocycles. The van der Waals surface area contributed by atoms with Gasteiger partial charge in [-0.15, -0.1) is 0 Å². The molecular formula is C35H41ClN4O4. The lowest BCUT2D eigenvalue weighted by Gasteiger charge is -2.46. The van der Waals surface area contributed by atoms with Gasteiger partial charge in [0.2, 0.25) is 0 Å². The molecule has 0 atom stereocenters. The first-order valence-corrected chi connectivity index (χ1v) is 15.7. The lowest BCUT2D eigenvalue weighted by molar-refractivity contribution is -0.116. The number of hydrogen-bond donors (Lipinski definition) is 2. The summed E-state index contributed by atoms with van der Waals surface area (Å²) in [7, 11) is 0.